The Morgan fingerprint density at radius 1 is 0.250 bits per heavy atom. The van der Waals surface area contributed by atoms with Crippen molar-refractivity contribution in [2.24, 2.45) is 0 Å². The average Bonchev–Trinajstić information content (AvgIpc) is 3.76. The molecule has 0 atom stereocenters. The summed E-state index contributed by atoms with van der Waals surface area (Å²) in [4.78, 5) is 2.35. The Morgan fingerprint density at radius 2 is 0.656 bits per heavy atom. The molecule has 0 unspecified atom stereocenters. The summed E-state index contributed by atoms with van der Waals surface area (Å²) >= 11 is 0. The van der Waals surface area contributed by atoms with E-state index in [9.17, 15) is 0 Å². The number of furan rings is 1. The number of para-hydroxylation sites is 2. The zero-order valence-electron chi connectivity index (χ0n) is 35.0. The molecule has 2 heteroatoms. The van der Waals surface area contributed by atoms with Crippen LogP contribution in [0.5, 0.6) is 0 Å². The summed E-state index contributed by atoms with van der Waals surface area (Å²) in [6.45, 7) is 0. The monoisotopic (exact) mass is 815 g/mol. The smallest absolute Gasteiger partial charge is 0.143 e. The van der Waals surface area contributed by atoms with Crippen LogP contribution in [0.25, 0.3) is 99.1 Å². The fourth-order valence-corrected chi connectivity index (χ4v) is 9.48. The van der Waals surface area contributed by atoms with E-state index in [1.54, 1.807) is 0 Å². The normalized spacial score (nSPS) is 11.4. The second-order valence-electron chi connectivity index (χ2n) is 16.5. The Morgan fingerprint density at radius 3 is 1.22 bits per heavy atom. The molecule has 0 amide bonds. The molecule has 2 nitrogen and oxygen atoms in total. The van der Waals surface area contributed by atoms with Crippen LogP contribution in [-0.4, -0.2) is 0 Å². The molecule has 0 saturated heterocycles. The highest BCUT2D eigenvalue weighted by molar-refractivity contribution is 6.09. The van der Waals surface area contributed by atoms with Crippen LogP contribution < -0.4 is 4.90 Å². The summed E-state index contributed by atoms with van der Waals surface area (Å²) < 4.78 is 6.51. The van der Waals surface area contributed by atoms with Crippen molar-refractivity contribution in [2.75, 3.05) is 4.90 Å². The van der Waals surface area contributed by atoms with E-state index in [0.717, 1.165) is 50.1 Å². The average molecular weight is 816 g/mol. The number of hydrogen-bond donors (Lipinski definition) is 0. The lowest BCUT2D eigenvalue weighted by Crippen LogP contribution is -2.10. The predicted octanol–water partition coefficient (Wildman–Crippen LogP) is 17.7. The SMILES string of the molecule is c1cc(-c2cccc3c2oc2ccccc23)cc(N(c2ccc(-c3ccc(-c4cccc5ccccc45)cc3)cc2)c2ccc(-c3ccc(-c4cccc5ccccc45)cc3)cc2)c1. The van der Waals surface area contributed by atoms with Crippen molar-refractivity contribution < 1.29 is 4.42 Å². The number of hydrogen-bond acceptors (Lipinski definition) is 2. The van der Waals surface area contributed by atoms with Gasteiger partial charge in [0.25, 0.3) is 0 Å². The van der Waals surface area contributed by atoms with Crippen LogP contribution in [0.3, 0.4) is 0 Å². The standard InChI is InChI=1S/C62H41NO/c1-3-17-54-46(11-1)13-8-20-56(54)48-29-25-42(26-30-48)44-33-37-51(38-34-44)63(53-16-7-15-50(41-53)58-22-10-23-60-59-19-5-6-24-61(59)64-62(58)60)52-39-35-45(36-40-52)43-27-31-49(32-28-43)57-21-9-14-47-12-2-4-18-55(47)57/h1-41H. The van der Waals surface area contributed by atoms with Gasteiger partial charge in [0.15, 0.2) is 0 Å². The largest absolute Gasteiger partial charge is 0.455 e. The molecule has 12 rings (SSSR count). The third-order valence-corrected chi connectivity index (χ3v) is 12.7. The highest BCUT2D eigenvalue weighted by Gasteiger charge is 2.17. The molecule has 300 valence electrons. The second kappa shape index (κ2) is 15.8. The number of rotatable bonds is 8. The molecule has 1 heterocycles. The van der Waals surface area contributed by atoms with E-state index >= 15 is 0 Å². The van der Waals surface area contributed by atoms with Gasteiger partial charge in [-0.05, 0) is 114 Å². The molecule has 0 radical (unpaired) electrons. The van der Waals surface area contributed by atoms with Crippen LogP contribution in [-0.2, 0) is 0 Å². The van der Waals surface area contributed by atoms with Crippen LogP contribution >= 0.6 is 0 Å². The Balaban J connectivity index is 0.901. The second-order valence-corrected chi connectivity index (χ2v) is 16.5. The zero-order chi connectivity index (χ0) is 42.4. The molecule has 0 aliphatic rings. The van der Waals surface area contributed by atoms with Crippen molar-refractivity contribution in [3.8, 4) is 55.6 Å². The van der Waals surface area contributed by atoms with Gasteiger partial charge in [-0.1, -0.05) is 206 Å². The maximum atomic E-state index is 6.51. The molecule has 0 aliphatic carbocycles. The number of benzene rings is 11. The van der Waals surface area contributed by atoms with Gasteiger partial charge in [-0.15, -0.1) is 0 Å². The maximum Gasteiger partial charge on any atom is 0.143 e. The Kier molecular flexibility index (Phi) is 9.20. The number of anilines is 3. The Bertz CT molecular complexity index is 3460. The van der Waals surface area contributed by atoms with E-state index in [1.807, 2.05) is 12.1 Å². The van der Waals surface area contributed by atoms with Gasteiger partial charge in [0.1, 0.15) is 11.2 Å². The van der Waals surface area contributed by atoms with Gasteiger partial charge in [0.2, 0.25) is 0 Å². The molecule has 0 N–H and O–H groups in total. The molecule has 11 aromatic carbocycles. The summed E-state index contributed by atoms with van der Waals surface area (Å²) in [5, 5.41) is 7.29. The van der Waals surface area contributed by atoms with Crippen molar-refractivity contribution in [3.63, 3.8) is 0 Å². The summed E-state index contributed by atoms with van der Waals surface area (Å²) in [5.74, 6) is 0. The van der Waals surface area contributed by atoms with E-state index in [2.05, 4.69) is 241 Å². The summed E-state index contributed by atoms with van der Waals surface area (Å²) in [6, 6.07) is 89.6. The summed E-state index contributed by atoms with van der Waals surface area (Å²) in [6.07, 6.45) is 0. The third kappa shape index (κ3) is 6.70. The molecule has 64 heavy (non-hydrogen) atoms. The molecule has 0 bridgehead atoms. The quantitative estimate of drug-likeness (QED) is 0.152. The van der Waals surface area contributed by atoms with E-state index in [0.29, 0.717) is 0 Å². The molecule has 0 spiro atoms. The number of nitrogens with zero attached hydrogens (tertiary/aromatic N) is 1. The molecular formula is C62H41NO. The van der Waals surface area contributed by atoms with Crippen LogP contribution in [0.1, 0.15) is 0 Å². The Hall–Kier alpha value is -8.46. The molecular weight excluding hydrogens is 775 g/mol. The molecule has 0 saturated carbocycles. The lowest BCUT2D eigenvalue weighted by Gasteiger charge is -2.26. The van der Waals surface area contributed by atoms with E-state index in [4.69, 9.17) is 4.42 Å². The summed E-state index contributed by atoms with van der Waals surface area (Å²) in [5.41, 5.74) is 16.8. The van der Waals surface area contributed by atoms with Crippen molar-refractivity contribution in [2.45, 2.75) is 0 Å². The lowest BCUT2D eigenvalue weighted by atomic mass is 9.96. The van der Waals surface area contributed by atoms with Gasteiger partial charge in [-0.2, -0.15) is 0 Å². The van der Waals surface area contributed by atoms with Crippen molar-refractivity contribution in [1.29, 1.82) is 0 Å². The minimum atomic E-state index is 0.898. The van der Waals surface area contributed by atoms with E-state index in [1.165, 1.54) is 66.1 Å². The van der Waals surface area contributed by atoms with Crippen LogP contribution in [0.15, 0.2) is 253 Å². The highest BCUT2D eigenvalue weighted by atomic mass is 16.3. The summed E-state index contributed by atoms with van der Waals surface area (Å²) in [7, 11) is 0. The van der Waals surface area contributed by atoms with Crippen LogP contribution in [0, 0.1) is 0 Å². The van der Waals surface area contributed by atoms with Crippen molar-refractivity contribution in [1.82, 2.24) is 0 Å². The highest BCUT2D eigenvalue weighted by Crippen LogP contribution is 2.41. The molecule has 12 aromatic rings. The predicted molar refractivity (Wildman–Crippen MR) is 271 cm³/mol. The van der Waals surface area contributed by atoms with Crippen molar-refractivity contribution >= 4 is 60.5 Å². The molecule has 0 aliphatic heterocycles. The van der Waals surface area contributed by atoms with Crippen molar-refractivity contribution in [3.05, 3.63) is 249 Å². The first-order valence-corrected chi connectivity index (χ1v) is 21.9. The fourth-order valence-electron chi connectivity index (χ4n) is 9.48. The molecule has 1 aromatic heterocycles. The zero-order valence-corrected chi connectivity index (χ0v) is 35.0. The lowest BCUT2D eigenvalue weighted by molar-refractivity contribution is 0.670. The minimum Gasteiger partial charge on any atom is -0.455 e. The van der Waals surface area contributed by atoms with E-state index < -0.39 is 0 Å². The van der Waals surface area contributed by atoms with Crippen LogP contribution in [0.2, 0.25) is 0 Å². The fraction of sp³-hybridized carbons (Fsp3) is 0. The van der Waals surface area contributed by atoms with Gasteiger partial charge in [-0.25, -0.2) is 0 Å². The minimum absolute atomic E-state index is 0.898. The first-order valence-electron chi connectivity index (χ1n) is 21.9. The van der Waals surface area contributed by atoms with Gasteiger partial charge in [0.05, 0.1) is 0 Å². The third-order valence-electron chi connectivity index (χ3n) is 12.7. The first-order chi connectivity index (χ1) is 31.7. The van der Waals surface area contributed by atoms with Crippen LogP contribution in [0.4, 0.5) is 17.1 Å². The molecule has 0 fully saturated rings. The topological polar surface area (TPSA) is 16.4 Å². The number of fused-ring (bicyclic) bond motifs is 5. The van der Waals surface area contributed by atoms with Gasteiger partial charge in [0, 0.05) is 33.4 Å². The first kappa shape index (κ1) is 37.3. The van der Waals surface area contributed by atoms with Gasteiger partial charge < -0.3 is 9.32 Å². The van der Waals surface area contributed by atoms with Gasteiger partial charge >= 0.3 is 0 Å². The van der Waals surface area contributed by atoms with Gasteiger partial charge in [-0.3, -0.25) is 0 Å². The Labute approximate surface area is 372 Å². The maximum absolute atomic E-state index is 6.51. The van der Waals surface area contributed by atoms with E-state index in [-0.39, 0.29) is 0 Å².